The first-order valence-corrected chi connectivity index (χ1v) is 11.1. The van der Waals surface area contributed by atoms with Crippen LogP contribution in [0.5, 0.6) is 0 Å². The Balaban J connectivity index is 1.34. The number of benzene rings is 1. The summed E-state index contributed by atoms with van der Waals surface area (Å²) < 4.78 is 32.7. The Labute approximate surface area is 173 Å². The van der Waals surface area contributed by atoms with E-state index in [-0.39, 0.29) is 22.7 Å². The molecule has 4 rings (SSSR count). The molecule has 10 nitrogen and oxygen atoms in total. The number of piperazine rings is 1. The van der Waals surface area contributed by atoms with E-state index in [0.29, 0.717) is 18.6 Å². The van der Waals surface area contributed by atoms with E-state index in [1.165, 1.54) is 6.07 Å². The van der Waals surface area contributed by atoms with Gasteiger partial charge in [-0.05, 0) is 41.5 Å². The number of amides is 1. The molecule has 0 bridgehead atoms. The molecule has 1 fully saturated rings. The van der Waals surface area contributed by atoms with Crippen molar-refractivity contribution in [3.05, 3.63) is 42.7 Å². The third-order valence-electron chi connectivity index (χ3n) is 5.04. The van der Waals surface area contributed by atoms with Gasteiger partial charge in [-0.15, -0.1) is 0 Å². The smallest absolute Gasteiger partial charge is 0.243 e. The lowest BCUT2D eigenvalue weighted by molar-refractivity contribution is -0.131. The number of nitrogens with zero attached hydrogens (tertiary/aromatic N) is 5. The average molecular weight is 430 g/mol. The van der Waals surface area contributed by atoms with Crippen molar-refractivity contribution in [3.63, 3.8) is 0 Å². The van der Waals surface area contributed by atoms with E-state index in [1.54, 1.807) is 36.4 Å². The predicted molar refractivity (Wildman–Crippen MR) is 109 cm³/mol. The molecular formula is C19H22N6O4S. The second-order valence-electron chi connectivity index (χ2n) is 7.19. The van der Waals surface area contributed by atoms with Crippen LogP contribution < -0.4 is 9.62 Å². The number of rotatable bonds is 6. The maximum atomic E-state index is 12.8. The van der Waals surface area contributed by atoms with Gasteiger partial charge in [-0.2, -0.15) is 0 Å². The zero-order valence-electron chi connectivity index (χ0n) is 16.4. The highest BCUT2D eigenvalue weighted by molar-refractivity contribution is 7.89. The number of aromatic nitrogens is 3. The minimum absolute atomic E-state index is 0.0217. The third kappa shape index (κ3) is 4.26. The molecule has 0 unspecified atom stereocenters. The molecule has 1 aromatic carbocycles. The molecule has 0 aliphatic carbocycles. The van der Waals surface area contributed by atoms with Gasteiger partial charge in [-0.25, -0.2) is 17.8 Å². The second-order valence-corrected chi connectivity index (χ2v) is 8.87. The van der Waals surface area contributed by atoms with Crippen LogP contribution in [0.2, 0.25) is 0 Å². The molecule has 3 heterocycles. The van der Waals surface area contributed by atoms with Crippen molar-refractivity contribution in [3.8, 4) is 0 Å². The van der Waals surface area contributed by atoms with E-state index < -0.39 is 16.1 Å². The Morgan fingerprint density at radius 3 is 2.60 bits per heavy atom. The molecule has 1 saturated heterocycles. The van der Waals surface area contributed by atoms with Crippen molar-refractivity contribution in [1.29, 1.82) is 0 Å². The number of carbonyl (C=O) groups is 1. The van der Waals surface area contributed by atoms with Gasteiger partial charge in [-0.3, -0.25) is 9.78 Å². The van der Waals surface area contributed by atoms with Crippen LogP contribution in [0.3, 0.4) is 0 Å². The van der Waals surface area contributed by atoms with Crippen LogP contribution in [0.4, 0.5) is 5.69 Å². The van der Waals surface area contributed by atoms with Crippen LogP contribution in [0.25, 0.3) is 11.0 Å². The number of sulfonamides is 1. The highest BCUT2D eigenvalue weighted by Gasteiger charge is 2.26. The van der Waals surface area contributed by atoms with Gasteiger partial charge in [0.25, 0.3) is 0 Å². The van der Waals surface area contributed by atoms with E-state index in [2.05, 4.69) is 29.5 Å². The Morgan fingerprint density at radius 1 is 1.13 bits per heavy atom. The Morgan fingerprint density at radius 2 is 1.87 bits per heavy atom. The topological polar surface area (TPSA) is 122 Å². The summed E-state index contributed by atoms with van der Waals surface area (Å²) in [5.74, 6) is -0.0825. The van der Waals surface area contributed by atoms with Gasteiger partial charge in [0.2, 0.25) is 15.9 Å². The SMILES string of the molecule is C[C@@H](CC(=O)N1CCN(c2ccncc2)CC1)NS(=O)(=O)c1cccc2nonc12. The highest BCUT2D eigenvalue weighted by Crippen LogP contribution is 2.20. The molecular weight excluding hydrogens is 408 g/mol. The number of pyridine rings is 1. The first-order chi connectivity index (χ1) is 14.4. The van der Waals surface area contributed by atoms with Gasteiger partial charge in [0, 0.05) is 56.7 Å². The Kier molecular flexibility index (Phi) is 5.64. The monoisotopic (exact) mass is 430 g/mol. The predicted octanol–water partition coefficient (Wildman–Crippen LogP) is 1.02. The quantitative estimate of drug-likeness (QED) is 0.615. The lowest BCUT2D eigenvalue weighted by Gasteiger charge is -2.36. The standard InChI is InChI=1S/C19H22N6O4S/c1-14(23-30(27,28)17-4-2-3-16-19(17)22-29-21-16)13-18(26)25-11-9-24(10-12-25)15-5-7-20-8-6-15/h2-8,14,23H,9-13H2,1H3/t14-/m0/s1. The molecule has 2 aromatic heterocycles. The molecule has 0 saturated carbocycles. The molecule has 3 aromatic rings. The van der Waals surface area contributed by atoms with E-state index in [1.807, 2.05) is 12.1 Å². The fourth-order valence-electron chi connectivity index (χ4n) is 3.53. The molecule has 1 aliphatic heterocycles. The fourth-order valence-corrected chi connectivity index (χ4v) is 4.92. The Bertz CT molecular complexity index is 1130. The minimum Gasteiger partial charge on any atom is -0.368 e. The molecule has 158 valence electrons. The van der Waals surface area contributed by atoms with Gasteiger partial charge in [-0.1, -0.05) is 6.07 Å². The summed E-state index contributed by atoms with van der Waals surface area (Å²) in [5.41, 5.74) is 1.60. The molecule has 11 heteroatoms. The van der Waals surface area contributed by atoms with Gasteiger partial charge >= 0.3 is 0 Å². The van der Waals surface area contributed by atoms with Crippen LogP contribution in [-0.2, 0) is 14.8 Å². The number of anilines is 1. The van der Waals surface area contributed by atoms with Crippen LogP contribution in [0, 0.1) is 0 Å². The molecule has 1 amide bonds. The number of hydrogen-bond acceptors (Lipinski definition) is 8. The molecule has 0 spiro atoms. The van der Waals surface area contributed by atoms with E-state index >= 15 is 0 Å². The van der Waals surface area contributed by atoms with Crippen molar-refractivity contribution in [1.82, 2.24) is 24.9 Å². The number of nitrogens with one attached hydrogen (secondary N) is 1. The second kappa shape index (κ2) is 8.36. The molecule has 1 atom stereocenters. The summed E-state index contributed by atoms with van der Waals surface area (Å²) in [7, 11) is -3.87. The summed E-state index contributed by atoms with van der Waals surface area (Å²) in [6.07, 6.45) is 3.56. The van der Waals surface area contributed by atoms with Gasteiger partial charge < -0.3 is 9.80 Å². The van der Waals surface area contributed by atoms with Crippen molar-refractivity contribution in [2.24, 2.45) is 0 Å². The fraction of sp³-hybridized carbons (Fsp3) is 0.368. The summed E-state index contributed by atoms with van der Waals surface area (Å²) in [6.45, 7) is 4.28. The van der Waals surface area contributed by atoms with Crippen molar-refractivity contribution < 1.29 is 17.8 Å². The van der Waals surface area contributed by atoms with Crippen LogP contribution in [0.1, 0.15) is 13.3 Å². The van der Waals surface area contributed by atoms with Gasteiger partial charge in [0.1, 0.15) is 10.4 Å². The van der Waals surface area contributed by atoms with Gasteiger partial charge in [0.05, 0.1) is 0 Å². The van der Waals surface area contributed by atoms with Gasteiger partial charge in [0.15, 0.2) is 5.52 Å². The summed E-state index contributed by atoms with van der Waals surface area (Å²) >= 11 is 0. The van der Waals surface area contributed by atoms with E-state index in [9.17, 15) is 13.2 Å². The number of hydrogen-bond donors (Lipinski definition) is 1. The van der Waals surface area contributed by atoms with E-state index in [0.717, 1.165) is 18.8 Å². The summed E-state index contributed by atoms with van der Waals surface area (Å²) in [6, 6.07) is 7.93. The molecule has 1 aliphatic rings. The first-order valence-electron chi connectivity index (χ1n) is 9.60. The zero-order chi connectivity index (χ0) is 21.1. The number of carbonyl (C=O) groups excluding carboxylic acids is 1. The maximum Gasteiger partial charge on any atom is 0.243 e. The van der Waals surface area contributed by atoms with E-state index in [4.69, 9.17) is 0 Å². The molecule has 1 N–H and O–H groups in total. The lowest BCUT2D eigenvalue weighted by atomic mass is 10.2. The summed E-state index contributed by atoms with van der Waals surface area (Å²) in [4.78, 5) is 20.6. The average Bonchev–Trinajstić information content (AvgIpc) is 3.23. The minimum atomic E-state index is -3.87. The third-order valence-corrected chi connectivity index (χ3v) is 6.66. The summed E-state index contributed by atoms with van der Waals surface area (Å²) in [5, 5.41) is 7.33. The zero-order valence-corrected chi connectivity index (χ0v) is 17.2. The number of fused-ring (bicyclic) bond motifs is 1. The Hall–Kier alpha value is -3.05. The molecule has 30 heavy (non-hydrogen) atoms. The van der Waals surface area contributed by atoms with Crippen LogP contribution in [-0.4, -0.2) is 66.7 Å². The highest BCUT2D eigenvalue weighted by atomic mass is 32.2. The van der Waals surface area contributed by atoms with Crippen molar-refractivity contribution in [2.45, 2.75) is 24.3 Å². The largest absolute Gasteiger partial charge is 0.368 e. The van der Waals surface area contributed by atoms with Crippen molar-refractivity contribution >= 4 is 32.7 Å². The lowest BCUT2D eigenvalue weighted by Crippen LogP contribution is -2.50. The first kappa shape index (κ1) is 20.2. The van der Waals surface area contributed by atoms with Crippen LogP contribution >= 0.6 is 0 Å². The van der Waals surface area contributed by atoms with Crippen molar-refractivity contribution in [2.75, 3.05) is 31.1 Å². The van der Waals surface area contributed by atoms with Crippen LogP contribution in [0.15, 0.2) is 52.3 Å². The normalized spacial score (nSPS) is 16.0. The molecule has 0 radical (unpaired) electrons. The maximum absolute atomic E-state index is 12.8.